The van der Waals surface area contributed by atoms with Crippen LogP contribution in [0.2, 0.25) is 5.02 Å². The summed E-state index contributed by atoms with van der Waals surface area (Å²) in [5, 5.41) is 10.1. The SMILES string of the molecule is COCCOCOc1c(-c2ccccc2)cc(CC(=O)OC)cc1-c1cc2cc(C#N)c(Cl)cc2n1S(C)(=O)=O. The fourth-order valence-corrected chi connectivity index (χ4v) is 5.57. The van der Waals surface area contributed by atoms with E-state index in [1.807, 2.05) is 36.4 Å². The zero-order valence-electron chi connectivity index (χ0n) is 22.1. The van der Waals surface area contributed by atoms with Crippen molar-refractivity contribution < 1.29 is 32.2 Å². The smallest absolute Gasteiger partial charge is 0.309 e. The molecule has 11 heteroatoms. The lowest BCUT2D eigenvalue weighted by atomic mass is 9.95. The fourth-order valence-electron chi connectivity index (χ4n) is 4.35. The largest absolute Gasteiger partial charge is 0.469 e. The van der Waals surface area contributed by atoms with E-state index in [9.17, 15) is 18.5 Å². The Morgan fingerprint density at radius 2 is 1.75 bits per heavy atom. The zero-order valence-corrected chi connectivity index (χ0v) is 23.7. The molecule has 0 unspecified atom stereocenters. The Labute approximate surface area is 237 Å². The Hall–Kier alpha value is -3.88. The van der Waals surface area contributed by atoms with E-state index in [-0.39, 0.29) is 36.1 Å². The van der Waals surface area contributed by atoms with Gasteiger partial charge in [-0.3, -0.25) is 4.79 Å². The van der Waals surface area contributed by atoms with Gasteiger partial charge in [0.15, 0.2) is 6.79 Å². The summed E-state index contributed by atoms with van der Waals surface area (Å²) in [6.07, 6.45) is 1.02. The number of carbonyl (C=O) groups is 1. The monoisotopic (exact) mass is 582 g/mol. The highest BCUT2D eigenvalue weighted by Crippen LogP contribution is 2.43. The molecule has 0 bridgehead atoms. The van der Waals surface area contributed by atoms with E-state index in [0.717, 1.165) is 15.8 Å². The second kappa shape index (κ2) is 12.5. The van der Waals surface area contributed by atoms with Gasteiger partial charge in [-0.25, -0.2) is 12.4 Å². The summed E-state index contributed by atoms with van der Waals surface area (Å²) in [6, 6.07) is 19.5. The topological polar surface area (TPSA) is 117 Å². The summed E-state index contributed by atoms with van der Waals surface area (Å²) in [6.45, 7) is 0.506. The number of methoxy groups -OCH3 is 2. The van der Waals surface area contributed by atoms with Crippen LogP contribution in [0, 0.1) is 11.3 Å². The number of halogens is 1. The average Bonchev–Trinajstić information content (AvgIpc) is 3.31. The van der Waals surface area contributed by atoms with E-state index in [4.69, 9.17) is 30.5 Å². The molecule has 0 spiro atoms. The molecule has 0 aliphatic rings. The van der Waals surface area contributed by atoms with E-state index >= 15 is 0 Å². The van der Waals surface area contributed by atoms with Crippen molar-refractivity contribution in [1.29, 1.82) is 5.26 Å². The van der Waals surface area contributed by atoms with E-state index in [1.165, 1.54) is 19.2 Å². The predicted octanol–water partition coefficient (Wildman–Crippen LogP) is 5.02. The molecule has 0 saturated heterocycles. The van der Waals surface area contributed by atoms with Crippen molar-refractivity contribution in [3.05, 3.63) is 76.8 Å². The molecule has 0 amide bonds. The van der Waals surface area contributed by atoms with Crippen molar-refractivity contribution in [2.75, 3.05) is 40.5 Å². The highest BCUT2D eigenvalue weighted by molar-refractivity contribution is 7.89. The first-order chi connectivity index (χ1) is 19.2. The Kier molecular flexibility index (Phi) is 9.12. The van der Waals surface area contributed by atoms with Gasteiger partial charge in [0.25, 0.3) is 0 Å². The molecular formula is C29H27ClN2O7S. The lowest BCUT2D eigenvalue weighted by Gasteiger charge is -2.19. The number of nitrogens with zero attached hydrogens (tertiary/aromatic N) is 2. The maximum Gasteiger partial charge on any atom is 0.309 e. The van der Waals surface area contributed by atoms with Gasteiger partial charge in [0.05, 0.1) is 54.8 Å². The minimum atomic E-state index is -3.89. The second-order valence-electron chi connectivity index (χ2n) is 8.86. The van der Waals surface area contributed by atoms with Crippen molar-refractivity contribution in [3.63, 3.8) is 0 Å². The highest BCUT2D eigenvalue weighted by atomic mass is 35.5. The van der Waals surface area contributed by atoms with Gasteiger partial charge < -0.3 is 18.9 Å². The molecule has 40 heavy (non-hydrogen) atoms. The first-order valence-corrected chi connectivity index (χ1v) is 14.3. The van der Waals surface area contributed by atoms with Gasteiger partial charge in [-0.15, -0.1) is 0 Å². The van der Waals surface area contributed by atoms with Gasteiger partial charge in [-0.05, 0) is 41.5 Å². The number of aromatic nitrogens is 1. The first kappa shape index (κ1) is 29.1. The fraction of sp³-hybridized carbons (Fsp3) is 0.241. The normalized spacial score (nSPS) is 11.4. The lowest BCUT2D eigenvalue weighted by molar-refractivity contribution is -0.139. The molecule has 0 atom stereocenters. The van der Waals surface area contributed by atoms with Crippen LogP contribution in [-0.2, 0) is 35.4 Å². The van der Waals surface area contributed by atoms with Crippen LogP contribution >= 0.6 is 11.6 Å². The zero-order chi connectivity index (χ0) is 28.9. The number of benzene rings is 3. The van der Waals surface area contributed by atoms with Gasteiger partial charge >= 0.3 is 5.97 Å². The van der Waals surface area contributed by atoms with Crippen molar-refractivity contribution in [3.8, 4) is 34.2 Å². The molecule has 4 aromatic rings. The third kappa shape index (κ3) is 6.29. The molecule has 0 aliphatic heterocycles. The van der Waals surface area contributed by atoms with E-state index < -0.39 is 16.0 Å². The van der Waals surface area contributed by atoms with Gasteiger partial charge in [-0.1, -0.05) is 41.9 Å². The molecule has 208 valence electrons. The van der Waals surface area contributed by atoms with Crippen LogP contribution in [0.3, 0.4) is 0 Å². The number of nitriles is 1. The third-order valence-corrected chi connectivity index (χ3v) is 7.47. The highest BCUT2D eigenvalue weighted by Gasteiger charge is 2.25. The van der Waals surface area contributed by atoms with Crippen molar-refractivity contribution in [2.24, 2.45) is 0 Å². The molecule has 1 heterocycles. The molecule has 0 saturated carbocycles. The summed E-state index contributed by atoms with van der Waals surface area (Å²) in [5.74, 6) is -0.118. The van der Waals surface area contributed by atoms with Crippen LogP contribution in [0.1, 0.15) is 11.1 Å². The van der Waals surface area contributed by atoms with E-state index in [2.05, 4.69) is 0 Å². The third-order valence-electron chi connectivity index (χ3n) is 6.10. The maximum atomic E-state index is 13.2. The number of rotatable bonds is 11. The van der Waals surface area contributed by atoms with Crippen molar-refractivity contribution >= 4 is 38.5 Å². The van der Waals surface area contributed by atoms with Crippen molar-refractivity contribution in [1.82, 2.24) is 3.97 Å². The van der Waals surface area contributed by atoms with Crippen LogP contribution < -0.4 is 4.74 Å². The minimum Gasteiger partial charge on any atom is -0.469 e. The van der Waals surface area contributed by atoms with Crippen LogP contribution in [0.4, 0.5) is 0 Å². The van der Waals surface area contributed by atoms with Crippen LogP contribution in [-0.4, -0.2) is 58.8 Å². The second-order valence-corrected chi connectivity index (χ2v) is 11.1. The van der Waals surface area contributed by atoms with Crippen LogP contribution in [0.25, 0.3) is 33.3 Å². The molecule has 0 N–H and O–H groups in total. The standard InChI is InChI=1S/C29H27ClN2O7S/c1-36-9-10-38-18-39-29-23(20-7-5-4-6-8-20)11-19(13-28(33)37-2)12-24(29)27-15-21-14-22(17-31)25(30)16-26(21)32(27)40(3,34)35/h4-8,11-12,14-16H,9-10,13,18H2,1-3H3. The van der Waals surface area contributed by atoms with Crippen molar-refractivity contribution in [2.45, 2.75) is 6.42 Å². The summed E-state index contributed by atoms with van der Waals surface area (Å²) in [4.78, 5) is 12.3. The van der Waals surface area contributed by atoms with E-state index in [0.29, 0.717) is 39.9 Å². The lowest BCUT2D eigenvalue weighted by Crippen LogP contribution is -2.13. The Morgan fingerprint density at radius 3 is 2.40 bits per heavy atom. The predicted molar refractivity (Wildman–Crippen MR) is 152 cm³/mol. The quantitative estimate of drug-likeness (QED) is 0.137. The summed E-state index contributed by atoms with van der Waals surface area (Å²) >= 11 is 6.29. The Bertz CT molecular complexity index is 1690. The number of ether oxygens (including phenoxy) is 4. The van der Waals surface area contributed by atoms with E-state index in [1.54, 1.807) is 25.3 Å². The van der Waals surface area contributed by atoms with Crippen LogP contribution in [0.15, 0.2) is 60.7 Å². The van der Waals surface area contributed by atoms with Gasteiger partial charge in [0, 0.05) is 23.6 Å². The number of hydrogen-bond donors (Lipinski definition) is 0. The Balaban J connectivity index is 2.05. The average molecular weight is 583 g/mol. The number of esters is 1. The maximum absolute atomic E-state index is 13.2. The Morgan fingerprint density at radius 1 is 1.02 bits per heavy atom. The molecule has 4 rings (SSSR count). The molecule has 9 nitrogen and oxygen atoms in total. The summed E-state index contributed by atoms with van der Waals surface area (Å²) in [7, 11) is -1.03. The number of fused-ring (bicyclic) bond motifs is 1. The first-order valence-electron chi connectivity index (χ1n) is 12.1. The molecule has 0 aliphatic carbocycles. The minimum absolute atomic E-state index is 0.0581. The van der Waals surface area contributed by atoms with Gasteiger partial charge in [0.1, 0.15) is 11.8 Å². The number of carbonyl (C=O) groups excluding carboxylic acids is 1. The molecule has 3 aromatic carbocycles. The molecule has 0 fully saturated rings. The summed E-state index contributed by atoms with van der Waals surface area (Å²) in [5.41, 5.74) is 3.13. The summed E-state index contributed by atoms with van der Waals surface area (Å²) < 4.78 is 49.2. The van der Waals surface area contributed by atoms with Gasteiger partial charge in [0.2, 0.25) is 10.0 Å². The van der Waals surface area contributed by atoms with Crippen LogP contribution in [0.5, 0.6) is 5.75 Å². The molecule has 1 aromatic heterocycles. The molecule has 0 radical (unpaired) electrons. The molecular weight excluding hydrogens is 556 g/mol. The van der Waals surface area contributed by atoms with Gasteiger partial charge in [-0.2, -0.15) is 5.26 Å². The number of hydrogen-bond acceptors (Lipinski definition) is 8.